The van der Waals surface area contributed by atoms with Gasteiger partial charge in [-0.05, 0) is 37.1 Å². The van der Waals surface area contributed by atoms with Crippen LogP contribution in [0.5, 0.6) is 0 Å². The molecule has 1 aromatic heterocycles. The molecule has 0 radical (unpaired) electrons. The molecule has 0 aliphatic carbocycles. The van der Waals surface area contributed by atoms with Gasteiger partial charge in [-0.25, -0.2) is 4.79 Å². The Hall–Kier alpha value is -3.08. The van der Waals surface area contributed by atoms with E-state index >= 15 is 0 Å². The van der Waals surface area contributed by atoms with Crippen LogP contribution in [0.1, 0.15) is 27.2 Å². The third-order valence-corrected chi connectivity index (χ3v) is 4.28. The Morgan fingerprint density at radius 1 is 1.08 bits per heavy atom. The number of para-hydroxylation sites is 1. The molecule has 0 bridgehead atoms. The van der Waals surface area contributed by atoms with Crippen molar-refractivity contribution in [2.24, 2.45) is 0 Å². The Labute approximate surface area is 152 Å². The van der Waals surface area contributed by atoms with E-state index in [1.165, 1.54) is 5.56 Å². The zero-order valence-corrected chi connectivity index (χ0v) is 15.1. The molecular formula is C21H21NO4. The summed E-state index contributed by atoms with van der Waals surface area (Å²) in [6, 6.07) is 15.0. The van der Waals surface area contributed by atoms with Gasteiger partial charge < -0.3 is 14.1 Å². The number of esters is 1. The number of carbonyl (C=O) groups excluding carboxylic acids is 2. The van der Waals surface area contributed by atoms with Crippen molar-refractivity contribution >= 4 is 22.8 Å². The van der Waals surface area contributed by atoms with Crippen LogP contribution < -0.4 is 0 Å². The molecule has 134 valence electrons. The third-order valence-electron chi connectivity index (χ3n) is 4.28. The van der Waals surface area contributed by atoms with Gasteiger partial charge >= 0.3 is 5.97 Å². The molecule has 0 unspecified atom stereocenters. The molecule has 0 aliphatic rings. The first-order valence-electron chi connectivity index (χ1n) is 8.40. The van der Waals surface area contributed by atoms with Gasteiger partial charge in [0.1, 0.15) is 5.58 Å². The maximum absolute atomic E-state index is 12.3. The number of benzene rings is 2. The average Bonchev–Trinajstić information content (AvgIpc) is 3.06. The number of ether oxygens (including phenoxy) is 1. The third kappa shape index (κ3) is 3.94. The van der Waals surface area contributed by atoms with Gasteiger partial charge in [0.2, 0.25) is 5.76 Å². The molecule has 0 N–H and O–H groups in total. The number of carbonyl (C=O) groups is 2. The van der Waals surface area contributed by atoms with Crippen molar-refractivity contribution in [3.63, 3.8) is 0 Å². The maximum atomic E-state index is 12.3. The molecule has 1 amide bonds. The van der Waals surface area contributed by atoms with Crippen molar-refractivity contribution in [1.82, 2.24) is 4.90 Å². The van der Waals surface area contributed by atoms with E-state index in [-0.39, 0.29) is 18.3 Å². The van der Waals surface area contributed by atoms with E-state index in [4.69, 9.17) is 9.15 Å². The standard InChI is InChI=1S/C21H21NO4/c1-14-8-9-17(15(2)10-14)12-22(3)20(23)13-25-21(24)19-11-16-6-4-5-7-18(16)26-19/h4-11H,12-13H2,1-3H3. The van der Waals surface area contributed by atoms with Crippen LogP contribution in [0.2, 0.25) is 0 Å². The molecule has 0 saturated heterocycles. The molecule has 0 spiro atoms. The fourth-order valence-electron chi connectivity index (χ4n) is 2.76. The van der Waals surface area contributed by atoms with Gasteiger partial charge in [-0.1, -0.05) is 42.0 Å². The molecule has 5 heteroatoms. The molecule has 0 saturated carbocycles. The Bertz CT molecular complexity index is 925. The van der Waals surface area contributed by atoms with E-state index in [1.807, 2.05) is 44.2 Å². The number of hydrogen-bond donors (Lipinski definition) is 0. The van der Waals surface area contributed by atoms with Crippen LogP contribution in [0.3, 0.4) is 0 Å². The number of rotatable bonds is 5. The lowest BCUT2D eigenvalue weighted by molar-refractivity contribution is -0.133. The highest BCUT2D eigenvalue weighted by Crippen LogP contribution is 2.19. The van der Waals surface area contributed by atoms with Gasteiger partial charge in [0.15, 0.2) is 6.61 Å². The Morgan fingerprint density at radius 2 is 1.85 bits per heavy atom. The van der Waals surface area contributed by atoms with Crippen LogP contribution in [0.4, 0.5) is 0 Å². The molecule has 3 rings (SSSR count). The zero-order chi connectivity index (χ0) is 18.7. The van der Waals surface area contributed by atoms with E-state index in [1.54, 1.807) is 24.1 Å². The number of amides is 1. The molecule has 2 aromatic carbocycles. The van der Waals surface area contributed by atoms with Crippen molar-refractivity contribution in [1.29, 1.82) is 0 Å². The minimum absolute atomic E-state index is 0.0935. The molecular weight excluding hydrogens is 330 g/mol. The van der Waals surface area contributed by atoms with Crippen molar-refractivity contribution in [3.05, 3.63) is 71.0 Å². The number of hydrogen-bond acceptors (Lipinski definition) is 4. The van der Waals surface area contributed by atoms with Crippen LogP contribution in [-0.2, 0) is 16.1 Å². The van der Waals surface area contributed by atoms with Crippen LogP contribution in [-0.4, -0.2) is 30.4 Å². The summed E-state index contributed by atoms with van der Waals surface area (Å²) in [5.74, 6) is -0.820. The minimum Gasteiger partial charge on any atom is -0.450 e. The highest BCUT2D eigenvalue weighted by molar-refractivity contribution is 5.93. The molecule has 3 aromatic rings. The highest BCUT2D eigenvalue weighted by atomic mass is 16.5. The zero-order valence-electron chi connectivity index (χ0n) is 15.1. The lowest BCUT2D eigenvalue weighted by Gasteiger charge is -2.18. The van der Waals surface area contributed by atoms with Crippen LogP contribution in [0, 0.1) is 13.8 Å². The number of furan rings is 1. The summed E-state index contributed by atoms with van der Waals surface area (Å²) in [5.41, 5.74) is 3.98. The summed E-state index contributed by atoms with van der Waals surface area (Å²) in [5, 5.41) is 0.817. The van der Waals surface area contributed by atoms with E-state index < -0.39 is 5.97 Å². The molecule has 0 atom stereocenters. The Kier molecular flexibility index (Phi) is 5.07. The number of nitrogens with zero attached hydrogens (tertiary/aromatic N) is 1. The summed E-state index contributed by atoms with van der Waals surface area (Å²) in [7, 11) is 1.69. The molecule has 0 aliphatic heterocycles. The van der Waals surface area contributed by atoms with Crippen molar-refractivity contribution in [2.75, 3.05) is 13.7 Å². The maximum Gasteiger partial charge on any atom is 0.374 e. The second kappa shape index (κ2) is 7.44. The topological polar surface area (TPSA) is 59.8 Å². The SMILES string of the molecule is Cc1ccc(CN(C)C(=O)COC(=O)c2cc3ccccc3o2)c(C)c1. The summed E-state index contributed by atoms with van der Waals surface area (Å²) in [4.78, 5) is 25.9. The molecule has 1 heterocycles. The number of likely N-dealkylation sites (N-methyl/N-ethyl adjacent to an activating group) is 1. The van der Waals surface area contributed by atoms with Crippen LogP contribution in [0.15, 0.2) is 52.9 Å². The van der Waals surface area contributed by atoms with E-state index in [9.17, 15) is 9.59 Å². The quantitative estimate of drug-likeness (QED) is 0.655. The lowest BCUT2D eigenvalue weighted by atomic mass is 10.1. The Balaban J connectivity index is 1.58. The van der Waals surface area contributed by atoms with Gasteiger partial charge in [0.05, 0.1) is 0 Å². The van der Waals surface area contributed by atoms with E-state index in [2.05, 4.69) is 6.07 Å². The summed E-state index contributed by atoms with van der Waals surface area (Å²) < 4.78 is 10.5. The predicted octanol–water partition coefficient (Wildman–Crippen LogP) is 3.87. The molecule has 26 heavy (non-hydrogen) atoms. The van der Waals surface area contributed by atoms with E-state index in [0.717, 1.165) is 16.5 Å². The van der Waals surface area contributed by atoms with Gasteiger partial charge in [-0.3, -0.25) is 4.79 Å². The minimum atomic E-state index is -0.644. The first-order chi connectivity index (χ1) is 12.4. The first kappa shape index (κ1) is 17.7. The lowest BCUT2D eigenvalue weighted by Crippen LogP contribution is -2.31. The van der Waals surface area contributed by atoms with E-state index in [0.29, 0.717) is 12.1 Å². The number of fused-ring (bicyclic) bond motifs is 1. The van der Waals surface area contributed by atoms with Crippen LogP contribution >= 0.6 is 0 Å². The monoisotopic (exact) mass is 351 g/mol. The van der Waals surface area contributed by atoms with Gasteiger partial charge in [0.25, 0.3) is 5.91 Å². The predicted molar refractivity (Wildman–Crippen MR) is 98.9 cm³/mol. The molecule has 0 fully saturated rings. The van der Waals surface area contributed by atoms with Crippen molar-refractivity contribution in [2.45, 2.75) is 20.4 Å². The average molecular weight is 351 g/mol. The first-order valence-corrected chi connectivity index (χ1v) is 8.40. The van der Waals surface area contributed by atoms with Crippen LogP contribution in [0.25, 0.3) is 11.0 Å². The second-order valence-electron chi connectivity index (χ2n) is 6.40. The fraction of sp³-hybridized carbons (Fsp3) is 0.238. The smallest absolute Gasteiger partial charge is 0.374 e. The highest BCUT2D eigenvalue weighted by Gasteiger charge is 2.17. The second-order valence-corrected chi connectivity index (χ2v) is 6.40. The van der Waals surface area contributed by atoms with Crippen molar-refractivity contribution in [3.8, 4) is 0 Å². The normalized spacial score (nSPS) is 10.7. The number of aryl methyl sites for hydroxylation is 2. The fourth-order valence-corrected chi connectivity index (χ4v) is 2.76. The van der Waals surface area contributed by atoms with Gasteiger partial charge in [-0.2, -0.15) is 0 Å². The van der Waals surface area contributed by atoms with Gasteiger partial charge in [-0.15, -0.1) is 0 Å². The summed E-state index contributed by atoms with van der Waals surface area (Å²) in [6.07, 6.45) is 0. The summed E-state index contributed by atoms with van der Waals surface area (Å²) >= 11 is 0. The summed E-state index contributed by atoms with van der Waals surface area (Å²) in [6.45, 7) is 4.19. The largest absolute Gasteiger partial charge is 0.450 e. The van der Waals surface area contributed by atoms with Crippen molar-refractivity contribution < 1.29 is 18.7 Å². The van der Waals surface area contributed by atoms with Gasteiger partial charge in [0, 0.05) is 19.0 Å². The molecule has 5 nitrogen and oxygen atoms in total. The Morgan fingerprint density at radius 3 is 2.58 bits per heavy atom.